The summed E-state index contributed by atoms with van der Waals surface area (Å²) in [6.45, 7) is 3.96. The van der Waals surface area contributed by atoms with Crippen LogP contribution in [0.3, 0.4) is 0 Å². The highest BCUT2D eigenvalue weighted by atomic mass is 16.5. The van der Waals surface area contributed by atoms with Crippen LogP contribution in [-0.4, -0.2) is 29.5 Å². The third kappa shape index (κ3) is 2.37. The molecular weight excluding hydrogens is 240 g/mol. The van der Waals surface area contributed by atoms with Gasteiger partial charge in [0.25, 0.3) is 0 Å². The van der Waals surface area contributed by atoms with E-state index in [1.165, 1.54) is 0 Å². The molecule has 0 saturated carbocycles. The highest BCUT2D eigenvalue weighted by Gasteiger charge is 2.41. The Balaban J connectivity index is 1.90. The van der Waals surface area contributed by atoms with E-state index in [4.69, 9.17) is 4.74 Å². The number of carbonyl (C=O) groups excluding carboxylic acids is 1. The third-order valence-electron chi connectivity index (χ3n) is 4.05. The molecule has 0 amide bonds. The van der Waals surface area contributed by atoms with E-state index in [9.17, 15) is 4.79 Å². The number of rotatable bonds is 2. The second-order valence-corrected chi connectivity index (χ2v) is 5.56. The monoisotopic (exact) mass is 260 g/mol. The fraction of sp³-hybridized carbons (Fsp3) is 0.600. The van der Waals surface area contributed by atoms with E-state index in [1.807, 2.05) is 6.07 Å². The number of aromatic nitrogens is 1. The van der Waals surface area contributed by atoms with Crippen molar-refractivity contribution in [2.45, 2.75) is 44.6 Å². The molecule has 2 aliphatic heterocycles. The first kappa shape index (κ1) is 12.6. The Hall–Kier alpha value is -1.42. The fourth-order valence-corrected chi connectivity index (χ4v) is 3.00. The number of ether oxygens (including phenoxy) is 1. The molecule has 0 aliphatic carbocycles. The van der Waals surface area contributed by atoms with Crippen molar-refractivity contribution < 1.29 is 9.53 Å². The van der Waals surface area contributed by atoms with Crippen LogP contribution in [0.1, 0.15) is 48.7 Å². The van der Waals surface area contributed by atoms with Crippen LogP contribution in [-0.2, 0) is 6.42 Å². The van der Waals surface area contributed by atoms with Gasteiger partial charge in [0, 0.05) is 18.5 Å². The lowest BCUT2D eigenvalue weighted by atomic mass is 9.83. The number of Topliss-reactive ketones (excluding diaryl/α,β-unsaturated/α-hetero) is 1. The Morgan fingerprint density at radius 1 is 1.42 bits per heavy atom. The first-order chi connectivity index (χ1) is 9.22. The van der Waals surface area contributed by atoms with Gasteiger partial charge in [-0.1, -0.05) is 13.3 Å². The largest absolute Gasteiger partial charge is 0.484 e. The maximum absolute atomic E-state index is 12.4. The number of piperidine rings is 1. The van der Waals surface area contributed by atoms with Gasteiger partial charge >= 0.3 is 0 Å². The fourth-order valence-electron chi connectivity index (χ4n) is 3.00. The second kappa shape index (κ2) is 4.93. The van der Waals surface area contributed by atoms with Crippen LogP contribution >= 0.6 is 0 Å². The Bertz CT molecular complexity index is 493. The topological polar surface area (TPSA) is 51.2 Å². The maximum atomic E-state index is 12.4. The quantitative estimate of drug-likeness (QED) is 0.885. The molecule has 4 nitrogen and oxygen atoms in total. The molecule has 0 aromatic carbocycles. The molecule has 1 aromatic heterocycles. The highest BCUT2D eigenvalue weighted by Crippen LogP contribution is 2.37. The molecule has 2 aliphatic rings. The lowest BCUT2D eigenvalue weighted by Gasteiger charge is -2.40. The number of hydrogen-bond acceptors (Lipinski definition) is 4. The van der Waals surface area contributed by atoms with Crippen LogP contribution in [0, 0.1) is 0 Å². The van der Waals surface area contributed by atoms with Gasteiger partial charge in [0.2, 0.25) is 0 Å². The Kier molecular flexibility index (Phi) is 3.27. The molecule has 0 atom stereocenters. The van der Waals surface area contributed by atoms with E-state index in [0.717, 1.165) is 50.0 Å². The molecule has 102 valence electrons. The number of pyridine rings is 1. The minimum atomic E-state index is -0.288. The number of ketones is 1. The van der Waals surface area contributed by atoms with Gasteiger partial charge in [-0.3, -0.25) is 9.78 Å². The third-order valence-corrected chi connectivity index (χ3v) is 4.05. The van der Waals surface area contributed by atoms with E-state index in [0.29, 0.717) is 12.2 Å². The van der Waals surface area contributed by atoms with E-state index in [-0.39, 0.29) is 11.4 Å². The zero-order valence-electron chi connectivity index (χ0n) is 11.4. The zero-order valence-corrected chi connectivity index (χ0v) is 11.4. The van der Waals surface area contributed by atoms with Crippen molar-refractivity contribution in [1.82, 2.24) is 10.3 Å². The standard InChI is InChI=1S/C15H20N2O2/c1-2-3-11-8-12-13(18)9-15(4-6-16-7-5-15)19-14(12)10-17-11/h8,10,16H,2-7,9H2,1H3. The average molecular weight is 260 g/mol. The Morgan fingerprint density at radius 2 is 2.21 bits per heavy atom. The smallest absolute Gasteiger partial charge is 0.170 e. The van der Waals surface area contributed by atoms with Gasteiger partial charge in [-0.05, 0) is 25.6 Å². The van der Waals surface area contributed by atoms with Gasteiger partial charge in [-0.15, -0.1) is 0 Å². The van der Waals surface area contributed by atoms with Crippen LogP contribution in [0.25, 0.3) is 0 Å². The first-order valence-corrected chi connectivity index (χ1v) is 7.14. The summed E-state index contributed by atoms with van der Waals surface area (Å²) >= 11 is 0. The van der Waals surface area contributed by atoms with Crippen molar-refractivity contribution in [2.24, 2.45) is 0 Å². The van der Waals surface area contributed by atoms with Crippen LogP contribution in [0.2, 0.25) is 0 Å². The molecule has 1 N–H and O–H groups in total. The van der Waals surface area contributed by atoms with E-state index >= 15 is 0 Å². The molecule has 3 heterocycles. The summed E-state index contributed by atoms with van der Waals surface area (Å²) in [5.41, 5.74) is 1.42. The first-order valence-electron chi connectivity index (χ1n) is 7.14. The van der Waals surface area contributed by atoms with Crippen molar-refractivity contribution in [3.05, 3.63) is 23.5 Å². The van der Waals surface area contributed by atoms with Crippen LogP contribution in [0.15, 0.2) is 12.3 Å². The zero-order chi connectivity index (χ0) is 13.3. The van der Waals surface area contributed by atoms with E-state index in [2.05, 4.69) is 17.2 Å². The van der Waals surface area contributed by atoms with Crippen LogP contribution in [0.4, 0.5) is 0 Å². The molecule has 4 heteroatoms. The van der Waals surface area contributed by atoms with Gasteiger partial charge in [0.15, 0.2) is 5.78 Å². The van der Waals surface area contributed by atoms with E-state index in [1.54, 1.807) is 6.20 Å². The Labute approximate surface area is 113 Å². The number of aryl methyl sites for hydroxylation is 1. The molecule has 1 saturated heterocycles. The molecule has 1 fully saturated rings. The number of carbonyl (C=O) groups is 1. The summed E-state index contributed by atoms with van der Waals surface area (Å²) in [6, 6.07) is 1.91. The number of nitrogens with zero attached hydrogens (tertiary/aromatic N) is 1. The predicted octanol–water partition coefficient (Wildman–Crippen LogP) is 2.12. The summed E-state index contributed by atoms with van der Waals surface area (Å²) in [7, 11) is 0. The van der Waals surface area contributed by atoms with Crippen molar-refractivity contribution in [3.63, 3.8) is 0 Å². The highest BCUT2D eigenvalue weighted by molar-refractivity contribution is 6.00. The minimum Gasteiger partial charge on any atom is -0.484 e. The van der Waals surface area contributed by atoms with Gasteiger partial charge in [0.05, 0.1) is 18.2 Å². The number of nitrogens with one attached hydrogen (secondary N) is 1. The van der Waals surface area contributed by atoms with Crippen molar-refractivity contribution >= 4 is 5.78 Å². The lowest BCUT2D eigenvalue weighted by molar-refractivity contribution is 0.0184. The minimum absolute atomic E-state index is 0.211. The predicted molar refractivity (Wildman–Crippen MR) is 72.6 cm³/mol. The molecule has 0 radical (unpaired) electrons. The van der Waals surface area contributed by atoms with Crippen LogP contribution in [0.5, 0.6) is 5.75 Å². The van der Waals surface area contributed by atoms with Crippen molar-refractivity contribution in [2.75, 3.05) is 13.1 Å². The molecular formula is C15H20N2O2. The molecule has 0 bridgehead atoms. The summed E-state index contributed by atoms with van der Waals surface area (Å²) in [5, 5.41) is 3.31. The molecule has 1 aromatic rings. The normalized spacial score (nSPS) is 21.0. The van der Waals surface area contributed by atoms with Gasteiger partial charge in [-0.2, -0.15) is 0 Å². The van der Waals surface area contributed by atoms with Crippen molar-refractivity contribution in [1.29, 1.82) is 0 Å². The summed E-state index contributed by atoms with van der Waals surface area (Å²) in [6.07, 6.45) is 5.99. The Morgan fingerprint density at radius 3 is 2.95 bits per heavy atom. The molecule has 0 unspecified atom stereocenters. The maximum Gasteiger partial charge on any atom is 0.170 e. The van der Waals surface area contributed by atoms with Gasteiger partial charge < -0.3 is 10.1 Å². The van der Waals surface area contributed by atoms with Gasteiger partial charge in [0.1, 0.15) is 11.4 Å². The summed E-state index contributed by atoms with van der Waals surface area (Å²) in [4.78, 5) is 16.8. The van der Waals surface area contributed by atoms with Crippen molar-refractivity contribution in [3.8, 4) is 5.75 Å². The number of fused-ring (bicyclic) bond motifs is 1. The molecule has 1 spiro atoms. The summed E-state index contributed by atoms with van der Waals surface area (Å²) in [5.74, 6) is 0.890. The second-order valence-electron chi connectivity index (χ2n) is 5.56. The SMILES string of the molecule is CCCc1cc2c(cn1)OC1(CCNCC1)CC2=O. The van der Waals surface area contributed by atoms with E-state index < -0.39 is 0 Å². The van der Waals surface area contributed by atoms with Gasteiger partial charge in [-0.25, -0.2) is 0 Å². The molecule has 3 rings (SSSR count). The average Bonchev–Trinajstić information content (AvgIpc) is 2.41. The number of hydrogen-bond donors (Lipinski definition) is 1. The lowest BCUT2D eigenvalue weighted by Crippen LogP contribution is -2.49. The van der Waals surface area contributed by atoms with Crippen LogP contribution < -0.4 is 10.1 Å². The molecule has 19 heavy (non-hydrogen) atoms. The summed E-state index contributed by atoms with van der Waals surface area (Å²) < 4.78 is 6.14.